The Morgan fingerprint density at radius 2 is 0.897 bits per heavy atom. The van der Waals surface area contributed by atoms with E-state index in [0.717, 1.165) is 50.4 Å². The summed E-state index contributed by atoms with van der Waals surface area (Å²) in [5.74, 6) is -0.0992. The molecule has 4 heteroatoms. The number of anilines is 9. The first-order valence-electron chi connectivity index (χ1n) is 28.2. The number of aryl methyl sites for hydroxylation is 1. The first-order valence-corrected chi connectivity index (χ1v) is 28.2. The molecular weight excluding hydrogens is 947 g/mol. The van der Waals surface area contributed by atoms with Crippen LogP contribution >= 0.6 is 0 Å². The molecule has 4 nitrogen and oxygen atoms in total. The average molecular weight is 1020 g/mol. The van der Waals surface area contributed by atoms with Gasteiger partial charge in [0.05, 0.1) is 28.4 Å². The van der Waals surface area contributed by atoms with Gasteiger partial charge in [0.2, 0.25) is 0 Å². The van der Waals surface area contributed by atoms with E-state index in [1.165, 1.54) is 83.9 Å². The van der Waals surface area contributed by atoms with Gasteiger partial charge in [-0.15, -0.1) is 0 Å². The lowest BCUT2D eigenvalue weighted by Crippen LogP contribution is -2.38. The molecule has 0 saturated carbocycles. The van der Waals surface area contributed by atoms with Gasteiger partial charge >= 0.3 is 0 Å². The molecule has 78 heavy (non-hydrogen) atoms. The van der Waals surface area contributed by atoms with E-state index in [4.69, 9.17) is 4.42 Å². The minimum atomic E-state index is -0.263. The Labute approximate surface area is 463 Å². The van der Waals surface area contributed by atoms with Crippen LogP contribution in [-0.2, 0) is 27.1 Å². The molecule has 10 aromatic rings. The minimum absolute atomic E-state index is 0.00540. The predicted molar refractivity (Wildman–Crippen MR) is 330 cm³/mol. The Morgan fingerprint density at radius 1 is 0.410 bits per heavy atom. The van der Waals surface area contributed by atoms with Crippen LogP contribution in [0.25, 0.3) is 21.9 Å². The van der Waals surface area contributed by atoms with Crippen LogP contribution in [0.1, 0.15) is 157 Å². The number of fused-ring (bicyclic) bond motifs is 9. The molecule has 1 aliphatic carbocycles. The molecule has 0 radical (unpaired) electrons. The molecule has 13 rings (SSSR count). The quantitative estimate of drug-likeness (QED) is 0.171. The van der Waals surface area contributed by atoms with E-state index in [-0.39, 0.29) is 33.0 Å². The predicted octanol–water partition coefficient (Wildman–Crippen LogP) is 21.0. The van der Waals surface area contributed by atoms with E-state index in [1.54, 1.807) is 0 Å². The summed E-state index contributed by atoms with van der Waals surface area (Å²) in [5.41, 5.74) is 26.1. The minimum Gasteiger partial charge on any atom is -0.454 e. The molecule has 0 spiro atoms. The zero-order valence-corrected chi connectivity index (χ0v) is 48.1. The van der Waals surface area contributed by atoms with Crippen molar-refractivity contribution in [1.82, 2.24) is 0 Å². The van der Waals surface area contributed by atoms with Gasteiger partial charge in [-0.1, -0.05) is 193 Å². The van der Waals surface area contributed by atoms with Crippen molar-refractivity contribution in [3.8, 4) is 0 Å². The van der Waals surface area contributed by atoms with E-state index < -0.39 is 0 Å². The fourth-order valence-electron chi connectivity index (χ4n) is 13.4. The van der Waals surface area contributed by atoms with Crippen molar-refractivity contribution in [2.24, 2.45) is 0 Å². The molecule has 0 saturated heterocycles. The summed E-state index contributed by atoms with van der Waals surface area (Å²) >= 11 is 0. The molecule has 390 valence electrons. The second-order valence-electron chi connectivity index (χ2n) is 26.8. The van der Waals surface area contributed by atoms with Crippen molar-refractivity contribution >= 4 is 73.1 Å². The van der Waals surface area contributed by atoms with Gasteiger partial charge in [0.25, 0.3) is 0 Å². The van der Waals surface area contributed by atoms with E-state index in [1.807, 2.05) is 0 Å². The summed E-state index contributed by atoms with van der Waals surface area (Å²) in [4.78, 5) is 7.60. The number of hydrogen-bond acceptors (Lipinski definition) is 4. The molecule has 0 amide bonds. The van der Waals surface area contributed by atoms with Crippen molar-refractivity contribution in [1.29, 1.82) is 0 Å². The van der Waals surface area contributed by atoms with Crippen molar-refractivity contribution < 1.29 is 4.42 Å². The van der Waals surface area contributed by atoms with E-state index in [0.29, 0.717) is 0 Å². The highest BCUT2D eigenvalue weighted by atomic mass is 16.3. The summed E-state index contributed by atoms with van der Waals surface area (Å²) in [6.45, 7) is 32.7. The molecule has 2 aliphatic heterocycles. The van der Waals surface area contributed by atoms with Crippen molar-refractivity contribution in [2.75, 3.05) is 14.7 Å². The second kappa shape index (κ2) is 17.1. The van der Waals surface area contributed by atoms with Crippen LogP contribution in [0.3, 0.4) is 0 Å². The third kappa shape index (κ3) is 7.60. The molecule has 9 aromatic carbocycles. The third-order valence-electron chi connectivity index (χ3n) is 17.8. The molecule has 0 fully saturated rings. The zero-order valence-electron chi connectivity index (χ0n) is 48.1. The highest BCUT2D eigenvalue weighted by Crippen LogP contribution is 2.64. The molecule has 0 N–H and O–H groups in total. The summed E-state index contributed by atoms with van der Waals surface area (Å²) in [7, 11) is 0. The molecule has 1 atom stereocenters. The van der Waals surface area contributed by atoms with Gasteiger partial charge in [-0.25, -0.2) is 0 Å². The number of benzene rings is 9. The van der Waals surface area contributed by atoms with Crippen LogP contribution in [0.15, 0.2) is 186 Å². The Morgan fingerprint density at radius 3 is 1.47 bits per heavy atom. The summed E-state index contributed by atoms with van der Waals surface area (Å²) in [6.07, 6.45) is 0. The zero-order chi connectivity index (χ0) is 54.6. The molecule has 3 heterocycles. The number of para-hydroxylation sites is 2. The van der Waals surface area contributed by atoms with Gasteiger partial charge in [0, 0.05) is 55.8 Å². The Kier molecular flexibility index (Phi) is 10.9. The Balaban J connectivity index is 1.12. The number of hydrogen-bond donors (Lipinski definition) is 0. The summed E-state index contributed by atoms with van der Waals surface area (Å²) < 4.78 is 7.01. The van der Waals surface area contributed by atoms with Gasteiger partial charge in [0.15, 0.2) is 5.58 Å². The molecule has 1 unspecified atom stereocenters. The number of furan rings is 1. The van der Waals surface area contributed by atoms with E-state index in [9.17, 15) is 0 Å². The van der Waals surface area contributed by atoms with Crippen LogP contribution in [0.2, 0.25) is 0 Å². The van der Waals surface area contributed by atoms with Gasteiger partial charge in [0.1, 0.15) is 5.58 Å². The maximum Gasteiger partial charge on any atom is 0.159 e. The van der Waals surface area contributed by atoms with Gasteiger partial charge in [-0.05, 0) is 158 Å². The molecule has 1 aromatic heterocycles. The van der Waals surface area contributed by atoms with E-state index >= 15 is 0 Å². The third-order valence-corrected chi connectivity index (χ3v) is 17.8. The Hall–Kier alpha value is -7.82. The monoisotopic (exact) mass is 1020 g/mol. The second-order valence-corrected chi connectivity index (χ2v) is 26.8. The molecule has 3 aliphatic rings. The van der Waals surface area contributed by atoms with Gasteiger partial charge < -0.3 is 19.1 Å². The first kappa shape index (κ1) is 49.7. The number of nitrogens with zero attached hydrogens (tertiary/aromatic N) is 3. The summed E-state index contributed by atoms with van der Waals surface area (Å²) in [6, 6.07) is 69.6. The van der Waals surface area contributed by atoms with Crippen molar-refractivity contribution in [3.63, 3.8) is 0 Å². The van der Waals surface area contributed by atoms with Crippen LogP contribution < -0.4 is 14.7 Å². The van der Waals surface area contributed by atoms with Crippen LogP contribution in [0.4, 0.5) is 51.2 Å². The maximum absolute atomic E-state index is 7.01. The van der Waals surface area contributed by atoms with Crippen LogP contribution in [-0.4, -0.2) is 0 Å². The normalized spacial score (nSPS) is 16.1. The standard InChI is InChI=1S/C74H73N3O/c1-45-40-64-68-65(41-45)77(61-24-19-21-54-53-20-15-18-25-66(53)78-69(54)61)63-44-60-59(73(11,12)57-22-16-17-23-58(57)74(60,13)14)43-56(63)67(68)55-39-38-52(42-62(55)76(64)51-36-30-48(31-37-51)72(8,9)10)75(49-32-26-46(27-33-49)70(2,3)4)50-34-28-47(29-35-50)71(5,6)7/h15-44,67H,1-14H3. The average Bonchev–Trinajstić information content (AvgIpc) is 3.13. The SMILES string of the molecule is Cc1cc2c3c(c1)N(c1cccc4c1oc1ccccc14)c1cc4c(cc1C3c1ccc(N(c3ccc(C(C)(C)C)cc3)c3ccc(C(C)(C)C)cc3)cc1N2c1ccc(C(C)(C)C)cc1)C(C)(C)c1ccccc1C4(C)C. The lowest BCUT2D eigenvalue weighted by atomic mass is 9.59. The van der Waals surface area contributed by atoms with Crippen LogP contribution in [0.5, 0.6) is 0 Å². The largest absolute Gasteiger partial charge is 0.454 e. The van der Waals surface area contributed by atoms with Crippen LogP contribution in [0, 0.1) is 6.92 Å². The van der Waals surface area contributed by atoms with Gasteiger partial charge in [-0.2, -0.15) is 0 Å². The highest BCUT2D eigenvalue weighted by molar-refractivity contribution is 6.11. The fraction of sp³-hybridized carbons (Fsp3) is 0.270. The highest BCUT2D eigenvalue weighted by Gasteiger charge is 2.47. The van der Waals surface area contributed by atoms with Gasteiger partial charge in [-0.3, -0.25) is 0 Å². The molecular formula is C74H73N3O. The van der Waals surface area contributed by atoms with E-state index in [2.05, 4.69) is 294 Å². The summed E-state index contributed by atoms with van der Waals surface area (Å²) in [5, 5.41) is 2.24. The van der Waals surface area contributed by atoms with Crippen molar-refractivity contribution in [2.45, 2.75) is 130 Å². The number of rotatable bonds is 5. The topological polar surface area (TPSA) is 22.9 Å². The fourth-order valence-corrected chi connectivity index (χ4v) is 13.4. The lowest BCUT2D eigenvalue weighted by Gasteiger charge is -2.48. The smallest absolute Gasteiger partial charge is 0.159 e. The maximum atomic E-state index is 7.01. The molecule has 0 bridgehead atoms. The lowest BCUT2D eigenvalue weighted by molar-refractivity contribution is 0.519. The first-order chi connectivity index (χ1) is 37.0. The Bertz CT molecular complexity index is 3980. The van der Waals surface area contributed by atoms with Crippen molar-refractivity contribution in [3.05, 3.63) is 243 Å².